The van der Waals surface area contributed by atoms with Gasteiger partial charge in [0.25, 0.3) is 0 Å². The van der Waals surface area contributed by atoms with Crippen LogP contribution in [0.5, 0.6) is 0 Å². The Morgan fingerprint density at radius 2 is 1.64 bits per heavy atom. The lowest BCUT2D eigenvalue weighted by molar-refractivity contribution is -0.127. The van der Waals surface area contributed by atoms with Crippen molar-refractivity contribution in [3.63, 3.8) is 0 Å². The van der Waals surface area contributed by atoms with Gasteiger partial charge in [0.15, 0.2) is 0 Å². The molecule has 1 aliphatic carbocycles. The van der Waals surface area contributed by atoms with Gasteiger partial charge in [0.05, 0.1) is 5.92 Å². The molecule has 10 atom stereocenters. The Labute approximate surface area is 274 Å². The first-order valence-electron chi connectivity index (χ1n) is 17.5. The van der Waals surface area contributed by atoms with Crippen LogP contribution in [0.1, 0.15) is 109 Å². The van der Waals surface area contributed by atoms with E-state index in [0.29, 0.717) is 5.78 Å². The van der Waals surface area contributed by atoms with Gasteiger partial charge in [-0.05, 0) is 89.2 Å². The Kier molecular flexibility index (Phi) is 11.9. The zero-order valence-electron chi connectivity index (χ0n) is 30.4. The Bertz CT molecular complexity index is 1300. The molecule has 2 heterocycles. The van der Waals surface area contributed by atoms with E-state index >= 15 is 0 Å². The second kappa shape index (κ2) is 14.5. The molecule has 3 aliphatic rings. The molecule has 0 bridgehead atoms. The number of allylic oxidation sites excluding steroid dienone is 5. The number of rotatable bonds is 13. The summed E-state index contributed by atoms with van der Waals surface area (Å²) in [6, 6.07) is 0.232. The van der Waals surface area contributed by atoms with Crippen molar-refractivity contribution >= 4 is 17.5 Å². The van der Waals surface area contributed by atoms with Crippen LogP contribution in [0.4, 0.5) is 0 Å². The fourth-order valence-corrected chi connectivity index (χ4v) is 8.92. The van der Waals surface area contributed by atoms with E-state index in [2.05, 4.69) is 99.1 Å². The summed E-state index contributed by atoms with van der Waals surface area (Å²) in [5, 5.41) is 7.05. The number of amides is 1. The van der Waals surface area contributed by atoms with Crippen molar-refractivity contribution in [2.75, 3.05) is 0 Å². The molecular formula is C40H62N2O3. The van der Waals surface area contributed by atoms with Crippen molar-refractivity contribution < 1.29 is 14.4 Å². The minimum absolute atomic E-state index is 0.000174. The third-order valence-electron chi connectivity index (χ3n) is 12.2. The molecule has 0 aromatic heterocycles. The van der Waals surface area contributed by atoms with Crippen LogP contribution >= 0.6 is 0 Å². The van der Waals surface area contributed by atoms with Crippen molar-refractivity contribution in [1.82, 2.24) is 10.6 Å². The first-order valence-corrected chi connectivity index (χ1v) is 17.5. The van der Waals surface area contributed by atoms with Gasteiger partial charge in [0.1, 0.15) is 11.6 Å². The van der Waals surface area contributed by atoms with Gasteiger partial charge in [-0.1, -0.05) is 89.8 Å². The molecule has 1 amide bonds. The van der Waals surface area contributed by atoms with Crippen molar-refractivity contribution in [3.05, 3.63) is 58.9 Å². The fourth-order valence-electron chi connectivity index (χ4n) is 8.92. The van der Waals surface area contributed by atoms with Crippen LogP contribution in [0.15, 0.2) is 58.9 Å². The molecule has 2 N–H and O–H groups in total. The maximum absolute atomic E-state index is 14.2. The minimum Gasteiger partial charge on any atom is -0.329 e. The Morgan fingerprint density at radius 3 is 2.16 bits per heavy atom. The Morgan fingerprint density at radius 1 is 1.02 bits per heavy atom. The predicted octanol–water partition coefficient (Wildman–Crippen LogP) is 8.54. The minimum atomic E-state index is -0.535. The van der Waals surface area contributed by atoms with E-state index in [1.54, 1.807) is 13.0 Å². The van der Waals surface area contributed by atoms with Crippen molar-refractivity contribution in [2.45, 2.75) is 121 Å². The van der Waals surface area contributed by atoms with Crippen molar-refractivity contribution in [2.24, 2.45) is 52.8 Å². The van der Waals surface area contributed by atoms with Crippen LogP contribution < -0.4 is 10.6 Å². The van der Waals surface area contributed by atoms with Gasteiger partial charge < -0.3 is 10.6 Å². The Balaban J connectivity index is 1.96. The zero-order chi connectivity index (χ0) is 34.1. The average Bonchev–Trinajstić information content (AvgIpc) is 3.50. The highest BCUT2D eigenvalue weighted by atomic mass is 16.2. The molecule has 0 radical (unpaired) electrons. The normalized spacial score (nSPS) is 32.8. The third kappa shape index (κ3) is 6.94. The van der Waals surface area contributed by atoms with Crippen molar-refractivity contribution in [3.8, 4) is 0 Å². The highest BCUT2D eigenvalue weighted by Gasteiger charge is 2.58. The largest absolute Gasteiger partial charge is 0.329 e. The smallest absolute Gasteiger partial charge is 0.231 e. The topological polar surface area (TPSA) is 75.3 Å². The van der Waals surface area contributed by atoms with E-state index in [9.17, 15) is 14.4 Å². The second-order valence-electron chi connectivity index (χ2n) is 15.2. The second-order valence-corrected chi connectivity index (χ2v) is 15.2. The first-order chi connectivity index (χ1) is 21.0. The van der Waals surface area contributed by atoms with Crippen LogP contribution in [-0.4, -0.2) is 29.6 Å². The number of nitrogens with one attached hydrogen (secondary N) is 2. The number of carbonyl (C=O) groups excluding carboxylic acids is 3. The maximum Gasteiger partial charge on any atom is 0.231 e. The quantitative estimate of drug-likeness (QED) is 0.203. The molecule has 45 heavy (non-hydrogen) atoms. The summed E-state index contributed by atoms with van der Waals surface area (Å²) in [7, 11) is 0. The highest BCUT2D eigenvalue weighted by Crippen LogP contribution is 2.53. The van der Waals surface area contributed by atoms with Gasteiger partial charge in [-0.2, -0.15) is 0 Å². The molecule has 3 rings (SSSR count). The SMILES string of the molecule is C=CC1C(=O)N/C(=C\C(=C)[C@@H](C)[C@H](CCC)/C(C)=C2/C3NC(C/C(C)=C(\CC)C(C)C(C)C(C)=O)C(C)C3C(=O)C2(C)C)C1C. The number of carbonyl (C=O) groups is 3. The van der Waals surface area contributed by atoms with Gasteiger partial charge in [-0.3, -0.25) is 14.4 Å². The highest BCUT2D eigenvalue weighted by molar-refractivity contribution is 5.95. The molecule has 1 saturated carbocycles. The molecule has 0 aromatic rings. The van der Waals surface area contributed by atoms with E-state index < -0.39 is 5.41 Å². The van der Waals surface area contributed by atoms with Crippen LogP contribution in [0.25, 0.3) is 0 Å². The van der Waals surface area contributed by atoms with Crippen LogP contribution in [0.2, 0.25) is 0 Å². The van der Waals surface area contributed by atoms with Gasteiger partial charge in [0, 0.05) is 40.9 Å². The monoisotopic (exact) mass is 618 g/mol. The third-order valence-corrected chi connectivity index (χ3v) is 12.2. The lowest BCUT2D eigenvalue weighted by Crippen LogP contribution is -2.36. The summed E-state index contributed by atoms with van der Waals surface area (Å²) in [5.41, 5.74) is 6.69. The lowest BCUT2D eigenvalue weighted by Gasteiger charge is -2.33. The average molecular weight is 619 g/mol. The molecule has 0 spiro atoms. The molecule has 5 nitrogen and oxygen atoms in total. The summed E-state index contributed by atoms with van der Waals surface area (Å²) in [6.45, 7) is 34.0. The van der Waals surface area contributed by atoms with E-state index in [1.165, 1.54) is 22.3 Å². The molecule has 8 unspecified atom stereocenters. The molecule has 2 aliphatic heterocycles. The van der Waals surface area contributed by atoms with E-state index in [-0.39, 0.29) is 71.1 Å². The molecule has 3 fully saturated rings. The summed E-state index contributed by atoms with van der Waals surface area (Å²) >= 11 is 0. The lowest BCUT2D eigenvalue weighted by atomic mass is 9.73. The number of fused-ring (bicyclic) bond motifs is 1. The first kappa shape index (κ1) is 36.9. The molecule has 2 saturated heterocycles. The van der Waals surface area contributed by atoms with E-state index in [0.717, 1.165) is 37.0 Å². The van der Waals surface area contributed by atoms with Gasteiger partial charge in [0.2, 0.25) is 5.91 Å². The standard InChI is InChI=1S/C40H62N2O3/c1-15-18-32(23(6)21(4)19-33-26(9)31(17-3)39(45)42-33)27(10)36-37-35(38(44)40(36,13)14)28(11)34(41-37)20-22(5)30(16-2)25(8)24(7)29(12)43/h17,19,23-26,28,31-32,34-35,37,41H,3-4,15-16,18,20H2,1-2,5-14H3,(H,42,45)/b30-22+,33-19-,36-27-/t23-,24?,25?,26?,28?,31?,32+,34?,35?,37?/m1/s1. The Hall–Kier alpha value is -2.53. The van der Waals surface area contributed by atoms with Crippen LogP contribution in [0, 0.1) is 52.8 Å². The fraction of sp³-hybridized carbons (Fsp3) is 0.675. The summed E-state index contributed by atoms with van der Waals surface area (Å²) in [5.74, 6) is 1.19. The summed E-state index contributed by atoms with van der Waals surface area (Å²) in [6.07, 6.45) is 7.66. The van der Waals surface area contributed by atoms with E-state index in [4.69, 9.17) is 0 Å². The number of Topliss-reactive ketones (excluding diaryl/α,β-unsaturated/α-hetero) is 2. The van der Waals surface area contributed by atoms with Crippen LogP contribution in [-0.2, 0) is 14.4 Å². The predicted molar refractivity (Wildman–Crippen MR) is 187 cm³/mol. The number of ketones is 2. The zero-order valence-corrected chi connectivity index (χ0v) is 30.4. The summed E-state index contributed by atoms with van der Waals surface area (Å²) in [4.78, 5) is 38.8. The molecule has 250 valence electrons. The van der Waals surface area contributed by atoms with Crippen molar-refractivity contribution in [1.29, 1.82) is 0 Å². The molecule has 5 heteroatoms. The van der Waals surface area contributed by atoms with Crippen LogP contribution in [0.3, 0.4) is 0 Å². The van der Waals surface area contributed by atoms with Gasteiger partial charge >= 0.3 is 0 Å². The van der Waals surface area contributed by atoms with E-state index in [1.807, 2.05) is 6.92 Å². The number of hydrogen-bond donors (Lipinski definition) is 2. The molecular weight excluding hydrogens is 556 g/mol. The van der Waals surface area contributed by atoms with Gasteiger partial charge in [-0.25, -0.2) is 0 Å². The summed E-state index contributed by atoms with van der Waals surface area (Å²) < 4.78 is 0. The van der Waals surface area contributed by atoms with Gasteiger partial charge in [-0.15, -0.1) is 6.58 Å². The number of hydrogen-bond acceptors (Lipinski definition) is 4. The molecule has 0 aromatic carbocycles. The maximum atomic E-state index is 14.2.